The van der Waals surface area contributed by atoms with Gasteiger partial charge in [-0.2, -0.15) is 0 Å². The third kappa shape index (κ3) is 3.46. The maximum atomic E-state index is 12.4. The zero-order chi connectivity index (χ0) is 16.9. The van der Waals surface area contributed by atoms with Crippen LogP contribution in [0.2, 0.25) is 0 Å². The molecule has 5 heteroatoms. The van der Waals surface area contributed by atoms with E-state index in [-0.39, 0.29) is 12.5 Å². The molecule has 1 heterocycles. The second-order valence-corrected chi connectivity index (χ2v) is 5.68. The number of aromatic amines is 1. The van der Waals surface area contributed by atoms with Gasteiger partial charge in [-0.3, -0.25) is 9.59 Å². The zero-order valence-electron chi connectivity index (χ0n) is 13.0. The molecule has 1 atom stereocenters. The van der Waals surface area contributed by atoms with Crippen LogP contribution in [0.1, 0.15) is 15.9 Å². The average Bonchev–Trinajstić information content (AvgIpc) is 3.07. The topological polar surface area (TPSA) is 82.2 Å². The number of hydrogen-bond donors (Lipinski definition) is 3. The number of amides is 1. The summed E-state index contributed by atoms with van der Waals surface area (Å²) in [7, 11) is 0. The summed E-state index contributed by atoms with van der Waals surface area (Å²) in [6, 6.07) is 16.7. The Kier molecular flexibility index (Phi) is 4.61. The Morgan fingerprint density at radius 3 is 2.58 bits per heavy atom. The smallest absolute Gasteiger partial charge is 0.308 e. The third-order valence-corrected chi connectivity index (χ3v) is 4.02. The monoisotopic (exact) mass is 322 g/mol. The average molecular weight is 322 g/mol. The Morgan fingerprint density at radius 2 is 1.83 bits per heavy atom. The van der Waals surface area contributed by atoms with E-state index in [4.69, 9.17) is 0 Å². The molecule has 0 aliphatic heterocycles. The molecule has 2 aromatic carbocycles. The minimum absolute atomic E-state index is 0.0835. The van der Waals surface area contributed by atoms with Crippen LogP contribution in [0.5, 0.6) is 0 Å². The van der Waals surface area contributed by atoms with Crippen LogP contribution < -0.4 is 5.32 Å². The maximum absolute atomic E-state index is 12.4. The molecule has 1 amide bonds. The van der Waals surface area contributed by atoms with Crippen molar-refractivity contribution in [1.29, 1.82) is 0 Å². The number of aromatic nitrogens is 1. The first-order valence-corrected chi connectivity index (χ1v) is 7.76. The standard InChI is InChI=1S/C19H18N2O3/c22-18(16-8-4-7-14-9-10-20-17(14)16)21-12-15(19(23)24)11-13-5-2-1-3-6-13/h1-10,15,20H,11-12H2,(H,21,22)(H,23,24)/t15-/m0/s1. The lowest BCUT2D eigenvalue weighted by Crippen LogP contribution is -2.34. The molecule has 0 bridgehead atoms. The molecule has 1 aromatic heterocycles. The van der Waals surface area contributed by atoms with Crippen molar-refractivity contribution < 1.29 is 14.7 Å². The predicted octanol–water partition coefficient (Wildman–Crippen LogP) is 2.84. The van der Waals surface area contributed by atoms with E-state index in [0.29, 0.717) is 12.0 Å². The summed E-state index contributed by atoms with van der Waals surface area (Å²) in [4.78, 5) is 26.9. The van der Waals surface area contributed by atoms with Gasteiger partial charge in [0.15, 0.2) is 0 Å². The highest BCUT2D eigenvalue weighted by atomic mass is 16.4. The van der Waals surface area contributed by atoms with E-state index in [1.807, 2.05) is 48.5 Å². The van der Waals surface area contributed by atoms with Crippen molar-refractivity contribution >= 4 is 22.8 Å². The minimum Gasteiger partial charge on any atom is -0.481 e. The van der Waals surface area contributed by atoms with Crippen LogP contribution in [0.3, 0.4) is 0 Å². The molecule has 0 aliphatic rings. The molecule has 0 saturated carbocycles. The van der Waals surface area contributed by atoms with Crippen molar-refractivity contribution in [2.45, 2.75) is 6.42 Å². The first-order chi connectivity index (χ1) is 11.6. The zero-order valence-corrected chi connectivity index (χ0v) is 13.0. The van der Waals surface area contributed by atoms with Crippen molar-refractivity contribution in [3.63, 3.8) is 0 Å². The van der Waals surface area contributed by atoms with E-state index in [0.717, 1.165) is 16.5 Å². The SMILES string of the molecule is O=C(NC[C@H](Cc1ccccc1)C(=O)O)c1cccc2cc[nH]c12. The third-order valence-electron chi connectivity index (χ3n) is 4.02. The summed E-state index contributed by atoms with van der Waals surface area (Å²) < 4.78 is 0. The molecule has 3 N–H and O–H groups in total. The molecule has 122 valence electrons. The molecule has 0 radical (unpaired) electrons. The largest absolute Gasteiger partial charge is 0.481 e. The summed E-state index contributed by atoms with van der Waals surface area (Å²) >= 11 is 0. The van der Waals surface area contributed by atoms with Crippen LogP contribution in [0.25, 0.3) is 10.9 Å². The fourth-order valence-electron chi connectivity index (χ4n) is 2.73. The van der Waals surface area contributed by atoms with Gasteiger partial charge in [0.05, 0.1) is 17.0 Å². The number of carbonyl (C=O) groups excluding carboxylic acids is 1. The lowest BCUT2D eigenvalue weighted by molar-refractivity contribution is -0.141. The molecular weight excluding hydrogens is 304 g/mol. The predicted molar refractivity (Wildman–Crippen MR) is 91.9 cm³/mol. The number of fused-ring (bicyclic) bond motifs is 1. The molecular formula is C19H18N2O3. The molecule has 3 aromatic rings. The Labute approximate surface area is 139 Å². The molecule has 3 rings (SSSR count). The fraction of sp³-hybridized carbons (Fsp3) is 0.158. The summed E-state index contributed by atoms with van der Waals surface area (Å²) in [5.41, 5.74) is 2.21. The lowest BCUT2D eigenvalue weighted by Gasteiger charge is -2.14. The molecule has 0 fully saturated rings. The van der Waals surface area contributed by atoms with Gasteiger partial charge in [-0.05, 0) is 24.1 Å². The van der Waals surface area contributed by atoms with Crippen LogP contribution in [0, 0.1) is 5.92 Å². The van der Waals surface area contributed by atoms with Gasteiger partial charge in [0.1, 0.15) is 0 Å². The van der Waals surface area contributed by atoms with Gasteiger partial charge in [0.2, 0.25) is 0 Å². The molecule has 24 heavy (non-hydrogen) atoms. The number of para-hydroxylation sites is 1. The Hall–Kier alpha value is -3.08. The van der Waals surface area contributed by atoms with Gasteiger partial charge >= 0.3 is 5.97 Å². The van der Waals surface area contributed by atoms with E-state index >= 15 is 0 Å². The van der Waals surface area contributed by atoms with E-state index in [1.54, 1.807) is 12.3 Å². The van der Waals surface area contributed by atoms with Gasteiger partial charge in [-0.1, -0.05) is 42.5 Å². The summed E-state index contributed by atoms with van der Waals surface area (Å²) in [6.45, 7) is 0.0835. The minimum atomic E-state index is -0.919. The number of benzene rings is 2. The van der Waals surface area contributed by atoms with E-state index in [2.05, 4.69) is 10.3 Å². The number of carboxylic acid groups (broad SMARTS) is 1. The number of nitrogens with one attached hydrogen (secondary N) is 2. The first-order valence-electron chi connectivity index (χ1n) is 7.76. The molecule has 0 aliphatic carbocycles. The Balaban J connectivity index is 1.69. The number of hydrogen-bond acceptors (Lipinski definition) is 2. The van der Waals surface area contributed by atoms with Crippen molar-refractivity contribution in [2.24, 2.45) is 5.92 Å². The second kappa shape index (κ2) is 7.00. The van der Waals surface area contributed by atoms with Gasteiger partial charge in [-0.25, -0.2) is 0 Å². The number of aliphatic carboxylic acids is 1. The van der Waals surface area contributed by atoms with Crippen LogP contribution in [-0.4, -0.2) is 28.5 Å². The van der Waals surface area contributed by atoms with Crippen molar-refractivity contribution in [2.75, 3.05) is 6.54 Å². The van der Waals surface area contributed by atoms with Gasteiger partial charge < -0.3 is 15.4 Å². The highest BCUT2D eigenvalue weighted by Gasteiger charge is 2.20. The molecule has 0 unspecified atom stereocenters. The highest BCUT2D eigenvalue weighted by molar-refractivity contribution is 6.05. The molecule has 5 nitrogen and oxygen atoms in total. The normalized spacial score (nSPS) is 12.0. The lowest BCUT2D eigenvalue weighted by atomic mass is 9.99. The first kappa shape index (κ1) is 15.8. The summed E-state index contributed by atoms with van der Waals surface area (Å²) in [5, 5.41) is 13.1. The fourth-order valence-corrected chi connectivity index (χ4v) is 2.73. The van der Waals surface area contributed by atoms with E-state index in [1.165, 1.54) is 0 Å². The maximum Gasteiger partial charge on any atom is 0.308 e. The van der Waals surface area contributed by atoms with Crippen molar-refractivity contribution in [3.05, 3.63) is 71.9 Å². The van der Waals surface area contributed by atoms with Gasteiger partial charge in [0, 0.05) is 18.1 Å². The van der Waals surface area contributed by atoms with E-state index in [9.17, 15) is 14.7 Å². The van der Waals surface area contributed by atoms with Crippen LogP contribution in [0.4, 0.5) is 0 Å². The highest BCUT2D eigenvalue weighted by Crippen LogP contribution is 2.17. The van der Waals surface area contributed by atoms with Crippen molar-refractivity contribution in [1.82, 2.24) is 10.3 Å². The van der Waals surface area contributed by atoms with Crippen LogP contribution >= 0.6 is 0 Å². The number of carbonyl (C=O) groups is 2. The Bertz CT molecular complexity index is 855. The van der Waals surface area contributed by atoms with Crippen molar-refractivity contribution in [3.8, 4) is 0 Å². The second-order valence-electron chi connectivity index (χ2n) is 5.68. The van der Waals surface area contributed by atoms with Gasteiger partial charge in [0.25, 0.3) is 5.91 Å². The van der Waals surface area contributed by atoms with Crippen LogP contribution in [-0.2, 0) is 11.2 Å². The van der Waals surface area contributed by atoms with Crippen LogP contribution in [0.15, 0.2) is 60.8 Å². The Morgan fingerprint density at radius 1 is 1.04 bits per heavy atom. The molecule has 0 spiro atoms. The number of H-pyrrole nitrogens is 1. The van der Waals surface area contributed by atoms with E-state index < -0.39 is 11.9 Å². The van der Waals surface area contributed by atoms with Gasteiger partial charge in [-0.15, -0.1) is 0 Å². The molecule has 0 saturated heterocycles. The number of rotatable bonds is 6. The summed E-state index contributed by atoms with van der Waals surface area (Å²) in [5.74, 6) is -1.86. The number of carboxylic acids is 1. The summed E-state index contributed by atoms with van der Waals surface area (Å²) in [6.07, 6.45) is 2.15. The quantitative estimate of drug-likeness (QED) is 0.652.